The third kappa shape index (κ3) is 6.83. The topological polar surface area (TPSA) is 127 Å². The molecule has 0 bridgehead atoms. The first kappa shape index (κ1) is 25.4. The van der Waals surface area contributed by atoms with E-state index < -0.39 is 35.8 Å². The molecule has 2 aromatic rings. The van der Waals surface area contributed by atoms with Gasteiger partial charge in [-0.3, -0.25) is 0 Å². The van der Waals surface area contributed by atoms with Gasteiger partial charge in [-0.15, -0.1) is 0 Å². The van der Waals surface area contributed by atoms with E-state index in [-0.39, 0.29) is 0 Å². The Bertz CT molecular complexity index is 996. The summed E-state index contributed by atoms with van der Waals surface area (Å²) in [4.78, 5) is 19.5. The Labute approximate surface area is 187 Å². The third-order valence-corrected chi connectivity index (χ3v) is 5.05. The van der Waals surface area contributed by atoms with Crippen LogP contribution in [0.1, 0.15) is 22.3 Å². The minimum atomic E-state index is -2.27. The van der Waals surface area contributed by atoms with Crippen molar-refractivity contribution in [3.05, 3.63) is 69.2 Å². The number of hydrogen-bond acceptors (Lipinski definition) is 5. The van der Waals surface area contributed by atoms with Gasteiger partial charge in [-0.1, -0.05) is 29.8 Å². The van der Waals surface area contributed by atoms with E-state index in [2.05, 4.69) is 11.4 Å². The molecule has 0 saturated carbocycles. The summed E-state index contributed by atoms with van der Waals surface area (Å²) in [5.74, 6) is -4.69. The molecule has 7 nitrogen and oxygen atoms in total. The number of hydrogen-bond donors (Lipinski definition) is 5. The Morgan fingerprint density at radius 1 is 0.969 bits per heavy atom. The van der Waals surface area contributed by atoms with Crippen LogP contribution in [0.5, 0.6) is 0 Å². The molecule has 2 aromatic carbocycles. The number of aliphatic hydroxyl groups is 2. The molecular weight excluding hydrogens is 448 g/mol. The third-order valence-electron chi connectivity index (χ3n) is 4.72. The highest BCUT2D eigenvalue weighted by Gasteiger charge is 2.29. The highest BCUT2D eigenvalue weighted by molar-refractivity contribution is 6.32. The summed E-state index contributed by atoms with van der Waals surface area (Å²) in [6.07, 6.45) is 0.784. The van der Waals surface area contributed by atoms with E-state index >= 15 is 0 Å². The molecular formula is C22H22ClF2NO6. The number of aliphatic hydroxyl groups excluding tert-OH is 2. The summed E-state index contributed by atoms with van der Waals surface area (Å²) < 4.78 is 26.7. The van der Waals surface area contributed by atoms with Crippen LogP contribution in [-0.2, 0) is 22.4 Å². The van der Waals surface area contributed by atoms with Crippen LogP contribution >= 0.6 is 11.6 Å². The smallest absolute Gasteiger partial charge is 0.335 e. The molecule has 0 amide bonds. The molecule has 32 heavy (non-hydrogen) atoms. The first-order valence-corrected chi connectivity index (χ1v) is 9.95. The molecule has 172 valence electrons. The predicted molar refractivity (Wildman–Crippen MR) is 114 cm³/mol. The molecule has 3 rings (SSSR count). The van der Waals surface area contributed by atoms with Crippen LogP contribution < -0.4 is 5.32 Å². The number of nitrogens with one attached hydrogen (secondary N) is 1. The van der Waals surface area contributed by atoms with Gasteiger partial charge in [0.15, 0.2) is 12.2 Å². The van der Waals surface area contributed by atoms with Crippen LogP contribution in [0, 0.1) is 11.6 Å². The number of benzene rings is 2. The number of rotatable bonds is 5. The first-order valence-electron chi connectivity index (χ1n) is 9.57. The van der Waals surface area contributed by atoms with Crippen LogP contribution in [0.2, 0.25) is 5.02 Å². The normalized spacial score (nSPS) is 15.2. The average molecular weight is 470 g/mol. The van der Waals surface area contributed by atoms with Gasteiger partial charge in [-0.2, -0.15) is 0 Å². The molecule has 0 radical (unpaired) electrons. The first-order chi connectivity index (χ1) is 15.1. The number of aliphatic carboxylic acids is 2. The van der Waals surface area contributed by atoms with Crippen molar-refractivity contribution in [3.8, 4) is 0 Å². The van der Waals surface area contributed by atoms with Crippen LogP contribution in [0.4, 0.5) is 8.78 Å². The fourth-order valence-electron chi connectivity index (χ4n) is 3.03. The Morgan fingerprint density at radius 2 is 1.59 bits per heavy atom. The largest absolute Gasteiger partial charge is 0.479 e. The van der Waals surface area contributed by atoms with Gasteiger partial charge in [0.05, 0.1) is 0 Å². The van der Waals surface area contributed by atoms with Crippen molar-refractivity contribution in [1.82, 2.24) is 5.32 Å². The van der Waals surface area contributed by atoms with Crippen molar-refractivity contribution in [2.75, 3.05) is 13.1 Å². The fraction of sp³-hybridized carbons (Fsp3) is 0.273. The molecule has 1 heterocycles. The number of carboxylic acids is 2. The monoisotopic (exact) mass is 469 g/mol. The zero-order chi connectivity index (χ0) is 23.8. The van der Waals surface area contributed by atoms with Gasteiger partial charge in [0.25, 0.3) is 0 Å². The molecule has 1 aliphatic heterocycles. The number of carbonyl (C=O) groups is 2. The molecule has 0 aliphatic carbocycles. The minimum Gasteiger partial charge on any atom is -0.479 e. The SMILES string of the molecule is Fc1ccc(C=Cc2c(Cl)ccc3c2CCNCC3)c(F)c1.O=C(O)[C@H](O)[C@@H](O)C(=O)O. The summed E-state index contributed by atoms with van der Waals surface area (Å²) in [6.45, 7) is 1.85. The standard InChI is InChI=1S/C18H16ClF2N.C4H6O6/c19-17-6-3-12-7-9-22-10-8-15(12)16(17)5-2-13-1-4-14(20)11-18(13)21;5-1(3(7)8)2(6)4(9)10/h1-6,11,22H,7-10H2;1-2,5-6H,(H,7,8)(H,9,10)/t;1-,2-/m.1/s1. The summed E-state index contributed by atoms with van der Waals surface area (Å²) in [6, 6.07) is 7.50. The maximum Gasteiger partial charge on any atom is 0.335 e. The minimum absolute atomic E-state index is 0.349. The van der Waals surface area contributed by atoms with Crippen molar-refractivity contribution >= 4 is 35.7 Å². The van der Waals surface area contributed by atoms with E-state index in [1.807, 2.05) is 12.1 Å². The van der Waals surface area contributed by atoms with E-state index in [9.17, 15) is 18.4 Å². The summed E-state index contributed by atoms with van der Waals surface area (Å²) in [7, 11) is 0. The zero-order valence-corrected chi connectivity index (χ0v) is 17.5. The zero-order valence-electron chi connectivity index (χ0n) is 16.8. The van der Waals surface area contributed by atoms with Crippen molar-refractivity contribution in [2.45, 2.75) is 25.0 Å². The number of halogens is 3. The molecule has 0 fully saturated rings. The highest BCUT2D eigenvalue weighted by atomic mass is 35.5. The second kappa shape index (κ2) is 11.7. The number of carboxylic acid groups (broad SMARTS) is 2. The van der Waals surface area contributed by atoms with Gasteiger partial charge in [0.1, 0.15) is 11.6 Å². The second-order valence-corrected chi connectivity index (χ2v) is 7.32. The molecule has 1 aliphatic rings. The van der Waals surface area contributed by atoms with Crippen LogP contribution in [-0.4, -0.2) is 57.7 Å². The molecule has 5 N–H and O–H groups in total. The maximum atomic E-state index is 13.7. The van der Waals surface area contributed by atoms with Gasteiger partial charge in [-0.25, -0.2) is 18.4 Å². The second-order valence-electron chi connectivity index (χ2n) is 6.91. The van der Waals surface area contributed by atoms with Crippen molar-refractivity contribution in [1.29, 1.82) is 0 Å². The summed E-state index contributed by atoms with van der Waals surface area (Å²) in [5, 5.41) is 36.5. The Balaban J connectivity index is 0.000000309. The Morgan fingerprint density at radius 3 is 2.19 bits per heavy atom. The van der Waals surface area contributed by atoms with Gasteiger partial charge < -0.3 is 25.7 Å². The van der Waals surface area contributed by atoms with Crippen LogP contribution in [0.3, 0.4) is 0 Å². The Hall–Kier alpha value is -2.85. The fourth-order valence-corrected chi connectivity index (χ4v) is 3.27. The van der Waals surface area contributed by atoms with Gasteiger partial charge >= 0.3 is 11.9 Å². The van der Waals surface area contributed by atoms with Crippen LogP contribution in [0.25, 0.3) is 12.2 Å². The predicted octanol–water partition coefficient (Wildman–Crippen LogP) is 2.35. The van der Waals surface area contributed by atoms with Crippen LogP contribution in [0.15, 0.2) is 30.3 Å². The van der Waals surface area contributed by atoms with E-state index in [0.717, 1.165) is 37.6 Å². The quantitative estimate of drug-likeness (QED) is 0.425. The van der Waals surface area contributed by atoms with E-state index in [4.69, 9.17) is 32.0 Å². The van der Waals surface area contributed by atoms with Gasteiger partial charge in [0.2, 0.25) is 0 Å². The van der Waals surface area contributed by atoms with Crippen molar-refractivity contribution in [3.63, 3.8) is 0 Å². The lowest BCUT2D eigenvalue weighted by atomic mass is 9.96. The van der Waals surface area contributed by atoms with Gasteiger partial charge in [-0.05, 0) is 60.8 Å². The van der Waals surface area contributed by atoms with Gasteiger partial charge in [0, 0.05) is 16.7 Å². The molecule has 10 heteroatoms. The lowest BCUT2D eigenvalue weighted by molar-refractivity contribution is -0.165. The summed E-state index contributed by atoms with van der Waals surface area (Å²) in [5.41, 5.74) is 3.75. The molecule has 2 atom stereocenters. The van der Waals surface area contributed by atoms with Crippen molar-refractivity contribution < 1.29 is 38.8 Å². The molecule has 0 unspecified atom stereocenters. The van der Waals surface area contributed by atoms with E-state index in [1.165, 1.54) is 23.3 Å². The highest BCUT2D eigenvalue weighted by Crippen LogP contribution is 2.28. The van der Waals surface area contributed by atoms with E-state index in [1.54, 1.807) is 6.08 Å². The van der Waals surface area contributed by atoms with E-state index in [0.29, 0.717) is 10.6 Å². The lowest BCUT2D eigenvalue weighted by Gasteiger charge is -2.11. The Kier molecular flexibility index (Phi) is 9.27. The lowest BCUT2D eigenvalue weighted by Crippen LogP contribution is -2.39. The molecule has 0 saturated heterocycles. The molecule has 0 spiro atoms. The summed E-state index contributed by atoms with van der Waals surface area (Å²) >= 11 is 6.32. The van der Waals surface area contributed by atoms with Crippen molar-refractivity contribution in [2.24, 2.45) is 0 Å². The molecule has 0 aromatic heterocycles. The average Bonchev–Trinajstić information content (AvgIpc) is 2.99. The number of fused-ring (bicyclic) bond motifs is 1. The maximum absolute atomic E-state index is 13.7.